The van der Waals surface area contributed by atoms with Crippen molar-refractivity contribution in [2.75, 3.05) is 47.3 Å². The number of benzene rings is 2. The van der Waals surface area contributed by atoms with Gasteiger partial charge in [0.2, 0.25) is 0 Å². The van der Waals surface area contributed by atoms with E-state index in [1.165, 1.54) is 45.5 Å². The first kappa shape index (κ1) is 51.9. The number of aromatic nitrogens is 6. The molecule has 69 heavy (non-hydrogen) atoms. The van der Waals surface area contributed by atoms with Crippen molar-refractivity contribution in [3.05, 3.63) is 85.0 Å². The lowest BCUT2D eigenvalue weighted by Crippen LogP contribution is -2.33. The predicted molar refractivity (Wildman–Crippen MR) is 259 cm³/mol. The lowest BCUT2D eigenvalue weighted by Gasteiger charge is -2.19. The number of ether oxygens (including phenoxy) is 2. The topological polar surface area (TPSA) is 267 Å². The highest BCUT2D eigenvalue weighted by atomic mass is 35.7. The van der Waals surface area contributed by atoms with Crippen LogP contribution >= 0.6 is 10.7 Å². The third-order valence-electron chi connectivity index (χ3n) is 9.64. The van der Waals surface area contributed by atoms with E-state index in [1.807, 2.05) is 0 Å². The molecule has 20 nitrogen and oxygen atoms in total. The monoisotopic (exact) mass is 1010 g/mol. The Hall–Kier alpha value is -6.47. The van der Waals surface area contributed by atoms with E-state index in [-0.39, 0.29) is 22.8 Å². The average molecular weight is 1010 g/mol. The Morgan fingerprint density at radius 1 is 0.638 bits per heavy atom. The number of fused-ring (bicyclic) bond motifs is 2. The molecule has 8 rings (SSSR count). The zero-order chi connectivity index (χ0) is 50.3. The number of anilines is 4. The maximum Gasteiger partial charge on any atom is 0.413 e. The van der Waals surface area contributed by atoms with Crippen LogP contribution in [0, 0.1) is 11.6 Å². The lowest BCUT2D eigenvalue weighted by atomic mass is 10.1. The quantitative estimate of drug-likeness (QED) is 0.0826. The summed E-state index contributed by atoms with van der Waals surface area (Å²) in [5.41, 5.74) is 8.01. The van der Waals surface area contributed by atoms with Crippen molar-refractivity contribution in [1.29, 1.82) is 0 Å². The Bertz CT molecular complexity index is 3060. The Morgan fingerprint density at radius 3 is 1.49 bits per heavy atom. The van der Waals surface area contributed by atoms with Gasteiger partial charge in [0.05, 0.1) is 28.1 Å². The minimum absolute atomic E-state index is 0.0835. The van der Waals surface area contributed by atoms with Crippen molar-refractivity contribution >= 4 is 87.4 Å². The van der Waals surface area contributed by atoms with Crippen molar-refractivity contribution in [2.45, 2.75) is 78.4 Å². The number of amides is 2. The van der Waals surface area contributed by atoms with Gasteiger partial charge in [0.15, 0.2) is 11.6 Å². The van der Waals surface area contributed by atoms with E-state index in [1.54, 1.807) is 71.9 Å². The van der Waals surface area contributed by atoms with Gasteiger partial charge < -0.3 is 15.2 Å². The molecule has 2 aliphatic rings. The maximum absolute atomic E-state index is 14.4. The van der Waals surface area contributed by atoms with E-state index >= 15 is 0 Å². The lowest BCUT2D eigenvalue weighted by molar-refractivity contribution is 0.0624. The van der Waals surface area contributed by atoms with Crippen LogP contribution in [0.1, 0.15) is 67.2 Å². The number of hydrogen-bond donors (Lipinski definition) is 4. The molecular weight excluding hydrogens is 962 g/mol. The Balaban J connectivity index is 0.000000196. The highest BCUT2D eigenvalue weighted by Gasteiger charge is 2.26. The van der Waals surface area contributed by atoms with Gasteiger partial charge in [-0.15, -0.1) is 0 Å². The molecule has 0 bridgehead atoms. The van der Waals surface area contributed by atoms with Crippen molar-refractivity contribution in [2.24, 2.45) is 0 Å². The average Bonchev–Trinajstić information content (AvgIpc) is 4.00. The summed E-state index contributed by atoms with van der Waals surface area (Å²) in [5.74, 6) is -0.754. The number of hydrogen-bond acceptors (Lipinski definition) is 15. The van der Waals surface area contributed by atoms with Crippen molar-refractivity contribution in [3.63, 3.8) is 0 Å². The zero-order valence-electron chi connectivity index (χ0n) is 38.5. The van der Waals surface area contributed by atoms with Crippen LogP contribution in [0.2, 0.25) is 0 Å². The third-order valence-corrected chi connectivity index (χ3v) is 12.7. The van der Waals surface area contributed by atoms with Crippen LogP contribution in [0.15, 0.2) is 73.3 Å². The normalized spacial score (nSPS) is 14.6. The molecule has 6 aromatic rings. The molecule has 2 fully saturated rings. The predicted octanol–water partition coefficient (Wildman–Crippen LogP) is 8.26. The fourth-order valence-electron chi connectivity index (χ4n) is 6.79. The molecule has 2 aliphatic heterocycles. The molecule has 25 heteroatoms. The summed E-state index contributed by atoms with van der Waals surface area (Å²) in [5, 5.41) is 5.13. The molecule has 0 atom stereocenters. The van der Waals surface area contributed by atoms with Crippen molar-refractivity contribution in [1.82, 2.24) is 38.5 Å². The summed E-state index contributed by atoms with van der Waals surface area (Å²) in [7, 11) is -2.14. The molecule has 0 unspecified atom stereocenters. The van der Waals surface area contributed by atoms with E-state index in [0.717, 1.165) is 31.7 Å². The standard InChI is InChI=1S/C22H25FN6O4S.C18H18FN5O2.C4H8ClNO2S/c1-22(2,3)33-21(30)27-20-19-18(24-13-25-20)7-6-17(26-19)14-10-15(23)12-16(11-14)28-34(31,32)29-8-4-5-9-29;1-18(2,3)26-17(25)24-16-15-14(21-9-22-16)5-4-13(23-15)10-6-11(19)8-12(20)7-10;5-9(7,8)6-3-1-2-4-6/h6-7,10-13,28H,4-5,8-9H2,1-3H3,(H,24,25,27,30);4-9H,20H2,1-3H3,(H,21,22,24,25);1-4H2. The van der Waals surface area contributed by atoms with Crippen LogP contribution in [0.25, 0.3) is 44.6 Å². The number of carbonyl (C=O) groups is 2. The van der Waals surface area contributed by atoms with Crippen LogP contribution in [0.3, 0.4) is 0 Å². The number of nitrogen functional groups attached to an aromatic ring is 1. The molecule has 0 aliphatic carbocycles. The summed E-state index contributed by atoms with van der Waals surface area (Å²) in [6, 6.07) is 14.7. The number of nitrogens with zero attached hydrogens (tertiary/aromatic N) is 8. The molecule has 5 N–H and O–H groups in total. The van der Waals surface area contributed by atoms with Gasteiger partial charge in [-0.1, -0.05) is 0 Å². The van der Waals surface area contributed by atoms with Gasteiger partial charge in [0, 0.05) is 53.7 Å². The van der Waals surface area contributed by atoms with Crippen LogP contribution in [-0.2, 0) is 28.9 Å². The van der Waals surface area contributed by atoms with Gasteiger partial charge >= 0.3 is 22.4 Å². The summed E-state index contributed by atoms with van der Waals surface area (Å²) >= 11 is 0. The minimum Gasteiger partial charge on any atom is -0.444 e. The second kappa shape index (κ2) is 21.4. The molecule has 6 heterocycles. The number of rotatable bonds is 8. The first-order valence-electron chi connectivity index (χ1n) is 21.4. The fraction of sp³-hybridized carbons (Fsp3) is 0.364. The van der Waals surface area contributed by atoms with Gasteiger partial charge in [0.1, 0.15) is 46.5 Å². The summed E-state index contributed by atoms with van der Waals surface area (Å²) in [4.78, 5) is 49.6. The van der Waals surface area contributed by atoms with Crippen LogP contribution in [0.4, 0.5) is 41.4 Å². The molecule has 368 valence electrons. The molecule has 2 saturated heterocycles. The molecule has 0 spiro atoms. The van der Waals surface area contributed by atoms with Crippen molar-refractivity contribution < 1.29 is 44.7 Å². The van der Waals surface area contributed by atoms with Gasteiger partial charge in [0.25, 0.3) is 9.24 Å². The van der Waals surface area contributed by atoms with Gasteiger partial charge in [-0.3, -0.25) is 15.4 Å². The third kappa shape index (κ3) is 15.0. The van der Waals surface area contributed by atoms with E-state index in [0.29, 0.717) is 70.9 Å². The molecule has 0 radical (unpaired) electrons. The zero-order valence-corrected chi connectivity index (χ0v) is 40.8. The summed E-state index contributed by atoms with van der Waals surface area (Å²) < 4.78 is 89.8. The molecular formula is C44H51ClF2N12O8S2. The van der Waals surface area contributed by atoms with Crippen molar-refractivity contribution in [3.8, 4) is 22.5 Å². The number of carbonyl (C=O) groups excluding carboxylic acids is 2. The Kier molecular flexibility index (Phi) is 16.1. The second-order valence-corrected chi connectivity index (χ2v) is 21.8. The number of nitrogens with one attached hydrogen (secondary N) is 3. The minimum atomic E-state index is -3.78. The molecule has 0 saturated carbocycles. The van der Waals surface area contributed by atoms with Crippen LogP contribution in [0.5, 0.6) is 0 Å². The highest BCUT2D eigenvalue weighted by Crippen LogP contribution is 2.29. The molecule has 4 aromatic heterocycles. The van der Waals surface area contributed by atoms with Crippen LogP contribution < -0.4 is 21.1 Å². The van der Waals surface area contributed by atoms with E-state index in [2.05, 4.69) is 45.3 Å². The van der Waals surface area contributed by atoms with E-state index in [9.17, 15) is 35.2 Å². The maximum atomic E-state index is 14.4. The van der Waals surface area contributed by atoms with Gasteiger partial charge in [-0.25, -0.2) is 48.3 Å². The summed E-state index contributed by atoms with van der Waals surface area (Å²) in [6.07, 6.45) is 4.69. The Labute approximate surface area is 402 Å². The van der Waals surface area contributed by atoms with E-state index < -0.39 is 54.5 Å². The van der Waals surface area contributed by atoms with Gasteiger partial charge in [-0.05, 0) is 128 Å². The van der Waals surface area contributed by atoms with Crippen LogP contribution in [-0.4, -0.2) is 105 Å². The highest BCUT2D eigenvalue weighted by molar-refractivity contribution is 8.11. The largest absolute Gasteiger partial charge is 0.444 e. The number of halogens is 3. The fourth-order valence-corrected chi connectivity index (χ4v) is 9.18. The Morgan fingerprint density at radius 2 is 1.07 bits per heavy atom. The molecule has 2 aromatic carbocycles. The number of nitrogens with two attached hydrogens (primary N) is 1. The second-order valence-electron chi connectivity index (χ2n) is 17.6. The van der Waals surface area contributed by atoms with Gasteiger partial charge in [-0.2, -0.15) is 25.4 Å². The number of pyridine rings is 2. The first-order chi connectivity index (χ1) is 32.3. The van der Waals surface area contributed by atoms with E-state index in [4.69, 9.17) is 25.9 Å². The summed E-state index contributed by atoms with van der Waals surface area (Å²) in [6.45, 7) is 12.5. The smallest absolute Gasteiger partial charge is 0.413 e. The SMILES string of the molecule is CC(C)(C)OC(=O)Nc1ncnc2ccc(-c3cc(F)cc(NS(=O)(=O)N4CCCC4)c3)nc12.CC(C)(C)OC(=O)Nc1ncnc2ccc(-c3cc(N)cc(F)c3)nc12.O=S(=O)(Cl)N1CCCC1. The first-order valence-corrected chi connectivity index (χ1v) is 25.1. The molecule has 2 amide bonds.